The predicted octanol–water partition coefficient (Wildman–Crippen LogP) is 6.38. The summed E-state index contributed by atoms with van der Waals surface area (Å²) in [5.41, 5.74) is 1.95. The molecule has 10 nitrogen and oxygen atoms in total. The number of fused-ring (bicyclic) bond motifs is 6. The number of rotatable bonds is 5. The molecule has 0 aliphatic carbocycles. The number of aromatic nitrogens is 3. The Bertz CT molecular complexity index is 1790. The van der Waals surface area contributed by atoms with E-state index in [4.69, 9.17) is 11.6 Å². The number of aromatic amines is 1. The van der Waals surface area contributed by atoms with Gasteiger partial charge in [-0.05, 0) is 54.1 Å². The molecular formula is C31H26ClF3N6O4. The largest absolute Gasteiger partial charge is 0.453 e. The number of aryl methyl sites for hydroxylation is 1. The van der Waals surface area contributed by atoms with Gasteiger partial charge in [-0.1, -0.05) is 17.7 Å². The molecule has 2 aromatic heterocycles. The number of carbonyl (C=O) groups excluding carboxylic acids is 3. The van der Waals surface area contributed by atoms with E-state index in [1.807, 2.05) is 0 Å². The van der Waals surface area contributed by atoms with Gasteiger partial charge in [-0.2, -0.15) is 0 Å². The minimum Gasteiger partial charge on any atom is -0.453 e. The second-order valence-electron chi connectivity index (χ2n) is 10.0. The number of benzene rings is 2. The number of methoxy groups -OCH3 is 1. The van der Waals surface area contributed by atoms with E-state index in [9.17, 15) is 27.6 Å². The third kappa shape index (κ3) is 7.68. The summed E-state index contributed by atoms with van der Waals surface area (Å²) in [5, 5.41) is 8.38. The topological polar surface area (TPSA) is 138 Å². The SMILES string of the molecule is COC(=O)Nc1ccc2c(c1)NC(=O)CCc1nc(ccc1F)CC(NC(=O)C=Cc1cc(Cl)ccc1C(F)F)c1ncc-2[nH]1. The molecular weight excluding hydrogens is 613 g/mol. The first-order valence-corrected chi connectivity index (χ1v) is 14.0. The highest BCUT2D eigenvalue weighted by Gasteiger charge is 2.22. The Hall–Kier alpha value is -5.17. The van der Waals surface area contributed by atoms with Crippen LogP contribution in [0.15, 0.2) is 60.8 Å². The highest BCUT2D eigenvalue weighted by atomic mass is 35.5. The van der Waals surface area contributed by atoms with Gasteiger partial charge in [-0.15, -0.1) is 0 Å². The zero-order valence-corrected chi connectivity index (χ0v) is 24.4. The van der Waals surface area contributed by atoms with Crippen LogP contribution in [0.25, 0.3) is 17.3 Å². The summed E-state index contributed by atoms with van der Waals surface area (Å²) in [6.07, 6.45) is 0.362. The molecule has 4 bridgehead atoms. The van der Waals surface area contributed by atoms with Crippen LogP contribution in [0.2, 0.25) is 5.02 Å². The zero-order chi connectivity index (χ0) is 32.1. The summed E-state index contributed by atoms with van der Waals surface area (Å²) in [6.45, 7) is 0. The van der Waals surface area contributed by atoms with Gasteiger partial charge in [-0.3, -0.25) is 19.9 Å². The number of hydrogen-bond donors (Lipinski definition) is 4. The van der Waals surface area contributed by atoms with Gasteiger partial charge in [0.25, 0.3) is 6.43 Å². The Morgan fingerprint density at radius 1 is 1.13 bits per heavy atom. The van der Waals surface area contributed by atoms with Crippen molar-refractivity contribution < 1.29 is 32.3 Å². The maximum Gasteiger partial charge on any atom is 0.411 e. The minimum atomic E-state index is -2.77. The van der Waals surface area contributed by atoms with Crippen molar-refractivity contribution >= 4 is 47.0 Å². The van der Waals surface area contributed by atoms with Crippen molar-refractivity contribution in [1.82, 2.24) is 20.3 Å². The van der Waals surface area contributed by atoms with Crippen LogP contribution in [0.1, 0.15) is 47.2 Å². The molecule has 1 aliphatic rings. The van der Waals surface area contributed by atoms with Gasteiger partial charge >= 0.3 is 6.09 Å². The van der Waals surface area contributed by atoms with Gasteiger partial charge in [-0.25, -0.2) is 22.9 Å². The van der Waals surface area contributed by atoms with E-state index in [1.165, 1.54) is 55.8 Å². The van der Waals surface area contributed by atoms with E-state index in [1.54, 1.807) is 12.1 Å². The number of carbonyl (C=O) groups is 3. The van der Waals surface area contributed by atoms with E-state index in [0.717, 1.165) is 6.08 Å². The van der Waals surface area contributed by atoms with E-state index in [2.05, 4.69) is 35.6 Å². The van der Waals surface area contributed by atoms with Gasteiger partial charge in [0, 0.05) is 52.9 Å². The van der Waals surface area contributed by atoms with Crippen molar-refractivity contribution in [2.75, 3.05) is 17.7 Å². The van der Waals surface area contributed by atoms with Gasteiger partial charge in [0.15, 0.2) is 0 Å². The molecule has 0 spiro atoms. The average molecular weight is 639 g/mol. The van der Waals surface area contributed by atoms with Crippen LogP contribution in [0.4, 0.5) is 29.3 Å². The van der Waals surface area contributed by atoms with Crippen LogP contribution in [0.3, 0.4) is 0 Å². The van der Waals surface area contributed by atoms with Gasteiger partial charge in [0.1, 0.15) is 11.6 Å². The van der Waals surface area contributed by atoms with Gasteiger partial charge < -0.3 is 20.4 Å². The summed E-state index contributed by atoms with van der Waals surface area (Å²) in [7, 11) is 1.22. The van der Waals surface area contributed by atoms with Crippen LogP contribution < -0.4 is 16.0 Å². The first kappa shape index (κ1) is 31.3. The standard InChI is InChI=1S/C31H26ClF3N6O4/c1-45-31(44)38-19-4-7-21-24(13-19)39-28(43)11-9-23-22(33)8-5-18(37-23)14-25(30-36-15-26(21)41-30)40-27(42)10-2-16-12-17(32)3-6-20(16)29(34)35/h2-8,10,12-13,15,25,29H,9,11,14H2,1H3,(H,36,41)(H,38,44)(H,39,43)(H,40,42). The monoisotopic (exact) mass is 638 g/mol. The highest BCUT2D eigenvalue weighted by Crippen LogP contribution is 2.32. The molecule has 232 valence electrons. The Kier molecular flexibility index (Phi) is 9.48. The maximum absolute atomic E-state index is 14.7. The number of H-pyrrole nitrogens is 1. The molecule has 0 saturated carbocycles. The number of anilines is 2. The lowest BCUT2D eigenvalue weighted by atomic mass is 10.1. The van der Waals surface area contributed by atoms with Crippen molar-refractivity contribution in [3.05, 3.63) is 100.0 Å². The summed E-state index contributed by atoms with van der Waals surface area (Å²) in [6, 6.07) is 10.5. The second-order valence-corrected chi connectivity index (χ2v) is 10.4. The summed E-state index contributed by atoms with van der Waals surface area (Å²) in [5.74, 6) is -1.32. The fourth-order valence-electron chi connectivity index (χ4n) is 4.74. The van der Waals surface area contributed by atoms with Crippen molar-refractivity contribution in [3.63, 3.8) is 0 Å². The lowest BCUT2D eigenvalue weighted by Gasteiger charge is -2.17. The Labute approximate surface area is 260 Å². The number of nitrogens with zero attached hydrogens (tertiary/aromatic N) is 2. The Balaban J connectivity index is 1.51. The van der Waals surface area contributed by atoms with Gasteiger partial charge in [0.05, 0.1) is 36.4 Å². The second kappa shape index (κ2) is 13.6. The summed E-state index contributed by atoms with van der Waals surface area (Å²) in [4.78, 5) is 49.7. The van der Waals surface area contributed by atoms with Crippen LogP contribution in [-0.4, -0.2) is 40.0 Å². The quantitative estimate of drug-likeness (QED) is 0.187. The third-order valence-electron chi connectivity index (χ3n) is 6.93. The molecule has 4 N–H and O–H groups in total. The minimum absolute atomic E-state index is 0.00525. The number of alkyl halides is 2. The number of nitrogens with one attached hydrogen (secondary N) is 4. The first-order valence-electron chi connectivity index (χ1n) is 13.6. The number of imidazole rings is 1. The zero-order valence-electron chi connectivity index (χ0n) is 23.7. The fraction of sp³-hybridized carbons (Fsp3) is 0.194. The normalized spacial score (nSPS) is 14.8. The average Bonchev–Trinajstić information content (AvgIpc) is 3.49. The number of hydrogen-bond acceptors (Lipinski definition) is 6. The van der Waals surface area contributed by atoms with Crippen LogP contribution in [0, 0.1) is 5.82 Å². The maximum atomic E-state index is 14.7. The Morgan fingerprint density at radius 3 is 2.73 bits per heavy atom. The first-order chi connectivity index (χ1) is 21.6. The molecule has 1 atom stereocenters. The molecule has 0 saturated heterocycles. The van der Waals surface area contributed by atoms with Crippen molar-refractivity contribution in [1.29, 1.82) is 0 Å². The Morgan fingerprint density at radius 2 is 1.96 bits per heavy atom. The van der Waals surface area contributed by atoms with Crippen molar-refractivity contribution in [2.24, 2.45) is 0 Å². The summed E-state index contributed by atoms with van der Waals surface area (Å²) >= 11 is 5.98. The molecule has 1 aliphatic heterocycles. The number of ether oxygens (including phenoxy) is 1. The van der Waals surface area contributed by atoms with Crippen molar-refractivity contribution in [2.45, 2.75) is 31.7 Å². The molecule has 0 fully saturated rings. The summed E-state index contributed by atoms with van der Waals surface area (Å²) < 4.78 is 46.3. The van der Waals surface area contributed by atoms with E-state index >= 15 is 0 Å². The number of pyridine rings is 1. The van der Waals surface area contributed by atoms with E-state index in [-0.39, 0.29) is 41.1 Å². The molecule has 2 aromatic carbocycles. The number of halogens is 4. The molecule has 3 amide bonds. The van der Waals surface area contributed by atoms with Crippen molar-refractivity contribution in [3.8, 4) is 11.3 Å². The molecule has 14 heteroatoms. The lowest BCUT2D eigenvalue weighted by molar-refractivity contribution is -0.117. The van der Waals surface area contributed by atoms with Crippen LogP contribution in [-0.2, 0) is 27.2 Å². The molecule has 0 radical (unpaired) electrons. The van der Waals surface area contributed by atoms with Crippen LogP contribution in [0.5, 0.6) is 0 Å². The predicted molar refractivity (Wildman–Crippen MR) is 161 cm³/mol. The van der Waals surface area contributed by atoms with E-state index in [0.29, 0.717) is 34.2 Å². The molecule has 1 unspecified atom stereocenters. The van der Waals surface area contributed by atoms with E-state index < -0.39 is 36.2 Å². The fourth-order valence-corrected chi connectivity index (χ4v) is 4.92. The lowest BCUT2D eigenvalue weighted by Crippen LogP contribution is -2.29. The molecule has 5 rings (SSSR count). The molecule has 45 heavy (non-hydrogen) atoms. The smallest absolute Gasteiger partial charge is 0.411 e. The van der Waals surface area contributed by atoms with Crippen LogP contribution >= 0.6 is 11.6 Å². The molecule has 4 aromatic rings. The highest BCUT2D eigenvalue weighted by molar-refractivity contribution is 6.30. The van der Waals surface area contributed by atoms with Gasteiger partial charge in [0.2, 0.25) is 11.8 Å². The molecule has 3 heterocycles. The third-order valence-corrected chi connectivity index (χ3v) is 7.17. The number of amides is 3.